The monoisotopic (exact) mass is 222 g/mol. The Labute approximate surface area is 95.8 Å². The lowest BCUT2D eigenvalue weighted by molar-refractivity contribution is -0.130. The maximum atomic E-state index is 11.5. The average molecular weight is 222 g/mol. The molecule has 4 nitrogen and oxygen atoms in total. The van der Waals surface area contributed by atoms with Crippen LogP contribution in [0.1, 0.15) is 5.56 Å². The van der Waals surface area contributed by atoms with Gasteiger partial charge in [-0.1, -0.05) is 30.3 Å². The summed E-state index contributed by atoms with van der Waals surface area (Å²) in [6, 6.07) is 9.99. The zero-order valence-corrected chi connectivity index (χ0v) is 9.48. The molecule has 4 heteroatoms. The molecule has 0 radical (unpaired) electrons. The lowest BCUT2D eigenvalue weighted by Gasteiger charge is -2.12. The Morgan fingerprint density at radius 3 is 2.69 bits per heavy atom. The van der Waals surface area contributed by atoms with Gasteiger partial charge in [0.1, 0.15) is 6.10 Å². The van der Waals surface area contributed by atoms with E-state index in [0.717, 1.165) is 6.42 Å². The van der Waals surface area contributed by atoms with Crippen LogP contribution < -0.4 is 11.1 Å². The lowest BCUT2D eigenvalue weighted by atomic mass is 10.1. The molecule has 0 spiro atoms. The number of rotatable bonds is 6. The van der Waals surface area contributed by atoms with E-state index < -0.39 is 6.10 Å². The van der Waals surface area contributed by atoms with Crippen LogP contribution in [0.2, 0.25) is 0 Å². The highest BCUT2D eigenvalue weighted by Crippen LogP contribution is 1.98. The average Bonchev–Trinajstić information content (AvgIpc) is 2.32. The van der Waals surface area contributed by atoms with Gasteiger partial charge in [0.15, 0.2) is 0 Å². The fraction of sp³-hybridized carbons (Fsp3) is 0.417. The second-order valence-corrected chi connectivity index (χ2v) is 3.49. The van der Waals surface area contributed by atoms with Crippen molar-refractivity contribution in [2.45, 2.75) is 12.5 Å². The molecule has 0 aliphatic rings. The summed E-state index contributed by atoms with van der Waals surface area (Å²) in [7, 11) is 1.48. The SMILES string of the molecule is COC(CN)C(=O)NCCc1ccccc1. The molecule has 3 N–H and O–H groups in total. The maximum Gasteiger partial charge on any atom is 0.250 e. The van der Waals surface area contributed by atoms with Crippen molar-refractivity contribution in [3.05, 3.63) is 35.9 Å². The topological polar surface area (TPSA) is 64.3 Å². The quantitative estimate of drug-likeness (QED) is 0.728. The van der Waals surface area contributed by atoms with Gasteiger partial charge in [0.2, 0.25) is 5.91 Å². The van der Waals surface area contributed by atoms with E-state index in [1.807, 2.05) is 30.3 Å². The Kier molecular flexibility index (Phi) is 5.53. The second-order valence-electron chi connectivity index (χ2n) is 3.49. The van der Waals surface area contributed by atoms with Gasteiger partial charge >= 0.3 is 0 Å². The molecule has 0 aliphatic carbocycles. The molecule has 0 aliphatic heterocycles. The number of hydrogen-bond donors (Lipinski definition) is 2. The molecule has 1 amide bonds. The van der Waals surface area contributed by atoms with Crippen LogP contribution in [0.4, 0.5) is 0 Å². The van der Waals surface area contributed by atoms with Crippen LogP contribution in [-0.2, 0) is 16.0 Å². The van der Waals surface area contributed by atoms with E-state index in [1.165, 1.54) is 12.7 Å². The van der Waals surface area contributed by atoms with Crippen LogP contribution in [0.5, 0.6) is 0 Å². The van der Waals surface area contributed by atoms with Gasteiger partial charge in [-0.3, -0.25) is 4.79 Å². The van der Waals surface area contributed by atoms with E-state index in [4.69, 9.17) is 10.5 Å². The number of carbonyl (C=O) groups excluding carboxylic acids is 1. The zero-order valence-electron chi connectivity index (χ0n) is 9.48. The third-order valence-electron chi connectivity index (χ3n) is 2.35. The van der Waals surface area contributed by atoms with E-state index in [9.17, 15) is 4.79 Å². The van der Waals surface area contributed by atoms with Crippen LogP contribution in [0.25, 0.3) is 0 Å². The number of amides is 1. The van der Waals surface area contributed by atoms with Crippen molar-refractivity contribution < 1.29 is 9.53 Å². The summed E-state index contributed by atoms with van der Waals surface area (Å²) in [6.45, 7) is 0.802. The standard InChI is InChI=1S/C12H18N2O2/c1-16-11(9-13)12(15)14-8-7-10-5-3-2-4-6-10/h2-6,11H,7-9,13H2,1H3,(H,14,15). The molecular formula is C12H18N2O2. The Balaban J connectivity index is 2.28. The van der Waals surface area contributed by atoms with Gasteiger partial charge < -0.3 is 15.8 Å². The van der Waals surface area contributed by atoms with Gasteiger partial charge in [0.05, 0.1) is 0 Å². The largest absolute Gasteiger partial charge is 0.370 e. The molecule has 88 valence electrons. The third kappa shape index (κ3) is 4.00. The van der Waals surface area contributed by atoms with Crippen LogP contribution in [0.3, 0.4) is 0 Å². The van der Waals surface area contributed by atoms with Crippen molar-refractivity contribution in [3.63, 3.8) is 0 Å². The number of nitrogens with one attached hydrogen (secondary N) is 1. The van der Waals surface area contributed by atoms with Crippen LogP contribution in [0.15, 0.2) is 30.3 Å². The Morgan fingerprint density at radius 2 is 2.12 bits per heavy atom. The molecule has 1 unspecified atom stereocenters. The number of hydrogen-bond acceptors (Lipinski definition) is 3. The van der Waals surface area contributed by atoms with Crippen molar-refractivity contribution in [1.29, 1.82) is 0 Å². The molecule has 0 aromatic heterocycles. The van der Waals surface area contributed by atoms with E-state index in [-0.39, 0.29) is 12.5 Å². The number of nitrogens with two attached hydrogens (primary N) is 1. The van der Waals surface area contributed by atoms with Crippen LogP contribution in [-0.4, -0.2) is 32.2 Å². The predicted molar refractivity (Wildman–Crippen MR) is 63.0 cm³/mol. The first-order valence-corrected chi connectivity index (χ1v) is 5.32. The summed E-state index contributed by atoms with van der Waals surface area (Å²) in [6.07, 6.45) is 0.268. The maximum absolute atomic E-state index is 11.5. The lowest BCUT2D eigenvalue weighted by Crippen LogP contribution is -2.41. The Hall–Kier alpha value is -1.39. The van der Waals surface area contributed by atoms with Gasteiger partial charge in [0, 0.05) is 20.2 Å². The van der Waals surface area contributed by atoms with E-state index in [2.05, 4.69) is 5.32 Å². The minimum atomic E-state index is -0.546. The minimum Gasteiger partial charge on any atom is -0.370 e. The van der Waals surface area contributed by atoms with Crippen molar-refractivity contribution in [3.8, 4) is 0 Å². The highest BCUT2D eigenvalue weighted by molar-refractivity contribution is 5.80. The summed E-state index contributed by atoms with van der Waals surface area (Å²) in [5.74, 6) is -0.152. The summed E-state index contributed by atoms with van der Waals surface area (Å²) in [5.41, 5.74) is 6.58. The van der Waals surface area contributed by atoms with Crippen molar-refractivity contribution >= 4 is 5.91 Å². The molecule has 1 rings (SSSR count). The number of methoxy groups -OCH3 is 1. The Bertz CT molecular complexity index is 310. The molecule has 1 aromatic carbocycles. The summed E-state index contributed by atoms with van der Waals surface area (Å²) in [5, 5.41) is 2.79. The summed E-state index contributed by atoms with van der Waals surface area (Å²) >= 11 is 0. The fourth-order valence-corrected chi connectivity index (χ4v) is 1.40. The van der Waals surface area contributed by atoms with E-state index >= 15 is 0 Å². The molecular weight excluding hydrogens is 204 g/mol. The number of benzene rings is 1. The first-order valence-electron chi connectivity index (χ1n) is 5.32. The fourth-order valence-electron chi connectivity index (χ4n) is 1.40. The van der Waals surface area contributed by atoms with Crippen molar-refractivity contribution in [1.82, 2.24) is 5.32 Å². The molecule has 0 saturated heterocycles. The smallest absolute Gasteiger partial charge is 0.250 e. The zero-order chi connectivity index (χ0) is 11.8. The second kappa shape index (κ2) is 6.98. The molecule has 0 fully saturated rings. The predicted octanol–water partition coefficient (Wildman–Crippen LogP) is 0.319. The highest BCUT2D eigenvalue weighted by atomic mass is 16.5. The van der Waals surface area contributed by atoms with Crippen molar-refractivity contribution in [2.24, 2.45) is 5.73 Å². The summed E-state index contributed by atoms with van der Waals surface area (Å²) < 4.78 is 4.93. The molecule has 1 aromatic rings. The van der Waals surface area contributed by atoms with Crippen LogP contribution in [0, 0.1) is 0 Å². The van der Waals surface area contributed by atoms with E-state index in [0.29, 0.717) is 6.54 Å². The van der Waals surface area contributed by atoms with Gasteiger partial charge in [-0.05, 0) is 12.0 Å². The van der Waals surface area contributed by atoms with Gasteiger partial charge in [-0.15, -0.1) is 0 Å². The molecule has 0 saturated carbocycles. The number of carbonyl (C=O) groups is 1. The highest BCUT2D eigenvalue weighted by Gasteiger charge is 2.14. The van der Waals surface area contributed by atoms with Crippen LogP contribution >= 0.6 is 0 Å². The van der Waals surface area contributed by atoms with E-state index in [1.54, 1.807) is 0 Å². The first kappa shape index (κ1) is 12.7. The molecule has 1 atom stereocenters. The Morgan fingerprint density at radius 1 is 1.44 bits per heavy atom. The van der Waals surface area contributed by atoms with Gasteiger partial charge in [0.25, 0.3) is 0 Å². The number of ether oxygens (including phenoxy) is 1. The summed E-state index contributed by atoms with van der Waals surface area (Å²) in [4.78, 5) is 11.5. The van der Waals surface area contributed by atoms with Crippen molar-refractivity contribution in [2.75, 3.05) is 20.2 Å². The normalized spacial score (nSPS) is 12.1. The first-order chi connectivity index (χ1) is 7.77. The minimum absolute atomic E-state index is 0.152. The van der Waals surface area contributed by atoms with Gasteiger partial charge in [-0.25, -0.2) is 0 Å². The molecule has 16 heavy (non-hydrogen) atoms. The van der Waals surface area contributed by atoms with Gasteiger partial charge in [-0.2, -0.15) is 0 Å². The molecule has 0 heterocycles. The third-order valence-corrected chi connectivity index (χ3v) is 2.35. The molecule has 0 bridgehead atoms.